The third-order valence-electron chi connectivity index (χ3n) is 3.69. The fraction of sp³-hybridized carbons (Fsp3) is 0.600. The molecule has 102 valence electrons. The van der Waals surface area contributed by atoms with Crippen LogP contribution in [0.5, 0.6) is 0 Å². The maximum atomic E-state index is 6.29. The molecule has 0 aliphatic heterocycles. The van der Waals surface area contributed by atoms with E-state index in [2.05, 4.69) is 51.8 Å². The molecule has 2 nitrogen and oxygen atoms in total. The molecule has 0 radical (unpaired) electrons. The molecule has 0 bridgehead atoms. The smallest absolute Gasteiger partial charge is 0.0459 e. The van der Waals surface area contributed by atoms with E-state index >= 15 is 0 Å². The molecule has 0 saturated carbocycles. The fourth-order valence-corrected chi connectivity index (χ4v) is 2.19. The fourth-order valence-electron chi connectivity index (χ4n) is 1.92. The zero-order valence-electron chi connectivity index (χ0n) is 12.1. The summed E-state index contributed by atoms with van der Waals surface area (Å²) in [6.07, 6.45) is 0.831. The molecule has 0 spiro atoms. The normalized spacial score (nSPS) is 13.5. The topological polar surface area (TPSA) is 29.3 Å². The van der Waals surface area contributed by atoms with Crippen molar-refractivity contribution >= 4 is 17.3 Å². The second kappa shape index (κ2) is 5.94. The average molecular weight is 269 g/mol. The molecule has 0 amide bonds. The quantitative estimate of drug-likeness (QED) is 0.902. The van der Waals surface area contributed by atoms with Gasteiger partial charge in [-0.3, -0.25) is 0 Å². The number of hydrogen-bond donors (Lipinski definition) is 1. The van der Waals surface area contributed by atoms with Crippen LogP contribution in [0.15, 0.2) is 18.2 Å². The van der Waals surface area contributed by atoms with Gasteiger partial charge in [-0.25, -0.2) is 0 Å². The molecule has 2 N–H and O–H groups in total. The molecule has 1 atom stereocenters. The van der Waals surface area contributed by atoms with Crippen molar-refractivity contribution in [3.8, 4) is 0 Å². The number of halogens is 1. The zero-order valence-corrected chi connectivity index (χ0v) is 12.9. The Morgan fingerprint density at radius 1 is 1.33 bits per heavy atom. The van der Waals surface area contributed by atoms with Crippen LogP contribution in [-0.2, 0) is 6.42 Å². The van der Waals surface area contributed by atoms with E-state index < -0.39 is 0 Å². The molecule has 1 unspecified atom stereocenters. The van der Waals surface area contributed by atoms with Crippen LogP contribution in [0.25, 0.3) is 0 Å². The summed E-state index contributed by atoms with van der Waals surface area (Å²) in [7, 11) is 2.12. The SMILES string of the molecule is CC(N(C)c1ccc(CCN)c(Cl)c1)C(C)(C)C. The summed E-state index contributed by atoms with van der Waals surface area (Å²) in [6.45, 7) is 9.62. The highest BCUT2D eigenvalue weighted by atomic mass is 35.5. The van der Waals surface area contributed by atoms with Crippen molar-refractivity contribution in [1.29, 1.82) is 0 Å². The second-order valence-corrected chi connectivity index (χ2v) is 6.37. The third kappa shape index (κ3) is 3.63. The van der Waals surface area contributed by atoms with Crippen LogP contribution in [0.1, 0.15) is 33.3 Å². The van der Waals surface area contributed by atoms with Gasteiger partial charge in [0.15, 0.2) is 0 Å². The van der Waals surface area contributed by atoms with Gasteiger partial charge < -0.3 is 10.6 Å². The van der Waals surface area contributed by atoms with E-state index in [0.717, 1.165) is 22.7 Å². The molecule has 1 aromatic rings. The molecule has 0 aliphatic rings. The van der Waals surface area contributed by atoms with Crippen LogP contribution >= 0.6 is 11.6 Å². The molecule has 1 rings (SSSR count). The zero-order chi connectivity index (χ0) is 13.9. The van der Waals surface area contributed by atoms with E-state index in [4.69, 9.17) is 17.3 Å². The van der Waals surface area contributed by atoms with Gasteiger partial charge in [0.1, 0.15) is 0 Å². The molecule has 3 heteroatoms. The summed E-state index contributed by atoms with van der Waals surface area (Å²) < 4.78 is 0. The number of benzene rings is 1. The van der Waals surface area contributed by atoms with Gasteiger partial charge in [0.2, 0.25) is 0 Å². The highest BCUT2D eigenvalue weighted by Crippen LogP contribution is 2.30. The summed E-state index contributed by atoms with van der Waals surface area (Å²) in [5.41, 5.74) is 8.08. The molecular formula is C15H25ClN2. The number of rotatable bonds is 4. The minimum Gasteiger partial charge on any atom is -0.371 e. The van der Waals surface area contributed by atoms with Crippen molar-refractivity contribution in [2.45, 2.75) is 40.2 Å². The Morgan fingerprint density at radius 3 is 2.39 bits per heavy atom. The van der Waals surface area contributed by atoms with Gasteiger partial charge in [-0.2, -0.15) is 0 Å². The summed E-state index contributed by atoms with van der Waals surface area (Å²) in [5, 5.41) is 0.811. The van der Waals surface area contributed by atoms with E-state index in [1.54, 1.807) is 0 Å². The molecule has 0 aliphatic carbocycles. The highest BCUT2D eigenvalue weighted by Gasteiger charge is 2.24. The molecule has 0 fully saturated rings. The van der Waals surface area contributed by atoms with Crippen molar-refractivity contribution in [2.24, 2.45) is 11.1 Å². The lowest BCUT2D eigenvalue weighted by atomic mass is 9.87. The van der Waals surface area contributed by atoms with E-state index in [0.29, 0.717) is 12.6 Å². The largest absolute Gasteiger partial charge is 0.371 e. The third-order valence-corrected chi connectivity index (χ3v) is 4.04. The summed E-state index contributed by atoms with van der Waals surface area (Å²) in [5.74, 6) is 0. The Balaban J connectivity index is 2.94. The number of anilines is 1. The molecule has 0 heterocycles. The minimum atomic E-state index is 0.233. The second-order valence-electron chi connectivity index (χ2n) is 5.97. The predicted octanol–water partition coefficient (Wildman–Crippen LogP) is 3.71. The first kappa shape index (κ1) is 15.3. The van der Waals surface area contributed by atoms with Crippen molar-refractivity contribution in [3.05, 3.63) is 28.8 Å². The van der Waals surface area contributed by atoms with Gasteiger partial charge in [0, 0.05) is 23.8 Å². The lowest BCUT2D eigenvalue weighted by molar-refractivity contribution is 0.330. The van der Waals surface area contributed by atoms with E-state index in [-0.39, 0.29) is 5.41 Å². The van der Waals surface area contributed by atoms with Gasteiger partial charge in [-0.05, 0) is 43.0 Å². The van der Waals surface area contributed by atoms with Crippen molar-refractivity contribution in [2.75, 3.05) is 18.5 Å². The maximum Gasteiger partial charge on any atom is 0.0459 e. The molecule has 18 heavy (non-hydrogen) atoms. The van der Waals surface area contributed by atoms with Gasteiger partial charge in [-0.15, -0.1) is 0 Å². The summed E-state index contributed by atoms with van der Waals surface area (Å²) in [4.78, 5) is 2.28. The van der Waals surface area contributed by atoms with Crippen LogP contribution in [-0.4, -0.2) is 19.6 Å². The number of hydrogen-bond acceptors (Lipinski definition) is 2. The standard InChI is InChI=1S/C15H25ClN2/c1-11(15(2,3)4)18(5)13-7-6-12(8-9-17)14(16)10-13/h6-7,10-11H,8-9,17H2,1-5H3. The van der Waals surface area contributed by atoms with E-state index in [1.165, 1.54) is 0 Å². The van der Waals surface area contributed by atoms with Crippen LogP contribution in [0.2, 0.25) is 5.02 Å². The first-order chi connectivity index (χ1) is 8.27. The first-order valence-corrected chi connectivity index (χ1v) is 6.86. The summed E-state index contributed by atoms with van der Waals surface area (Å²) >= 11 is 6.29. The monoisotopic (exact) mass is 268 g/mol. The van der Waals surface area contributed by atoms with Gasteiger partial charge >= 0.3 is 0 Å². The maximum absolute atomic E-state index is 6.29. The Morgan fingerprint density at radius 2 is 1.94 bits per heavy atom. The Bertz CT molecular complexity index is 396. The van der Waals surface area contributed by atoms with Gasteiger partial charge in [-0.1, -0.05) is 38.4 Å². The Hall–Kier alpha value is -0.730. The number of nitrogens with zero attached hydrogens (tertiary/aromatic N) is 1. The van der Waals surface area contributed by atoms with Crippen LogP contribution < -0.4 is 10.6 Å². The lowest BCUT2D eigenvalue weighted by Crippen LogP contribution is -2.39. The van der Waals surface area contributed by atoms with Crippen molar-refractivity contribution < 1.29 is 0 Å². The van der Waals surface area contributed by atoms with Crippen molar-refractivity contribution in [1.82, 2.24) is 0 Å². The summed E-state index contributed by atoms with van der Waals surface area (Å²) in [6, 6.07) is 6.68. The number of nitrogens with two attached hydrogens (primary N) is 1. The molecular weight excluding hydrogens is 244 g/mol. The van der Waals surface area contributed by atoms with Crippen LogP contribution in [0.3, 0.4) is 0 Å². The van der Waals surface area contributed by atoms with E-state index in [1.807, 2.05) is 6.07 Å². The average Bonchev–Trinajstić information content (AvgIpc) is 2.29. The highest BCUT2D eigenvalue weighted by molar-refractivity contribution is 6.31. The molecule has 1 aromatic carbocycles. The van der Waals surface area contributed by atoms with Gasteiger partial charge in [0.25, 0.3) is 0 Å². The Kier molecular flexibility index (Phi) is 5.06. The predicted molar refractivity (Wildman–Crippen MR) is 81.5 cm³/mol. The van der Waals surface area contributed by atoms with Crippen molar-refractivity contribution in [3.63, 3.8) is 0 Å². The van der Waals surface area contributed by atoms with Gasteiger partial charge in [0.05, 0.1) is 0 Å². The molecule has 0 aromatic heterocycles. The van der Waals surface area contributed by atoms with E-state index in [9.17, 15) is 0 Å². The van der Waals surface area contributed by atoms with Crippen LogP contribution in [0.4, 0.5) is 5.69 Å². The first-order valence-electron chi connectivity index (χ1n) is 6.48. The lowest BCUT2D eigenvalue weighted by Gasteiger charge is -2.37. The Labute approximate surface area is 116 Å². The van der Waals surface area contributed by atoms with Crippen LogP contribution in [0, 0.1) is 5.41 Å². The molecule has 0 saturated heterocycles. The minimum absolute atomic E-state index is 0.233.